The van der Waals surface area contributed by atoms with E-state index in [1.807, 2.05) is 6.07 Å². The number of nitrogens with one attached hydrogen (secondary N) is 1. The van der Waals surface area contributed by atoms with Gasteiger partial charge in [0, 0.05) is 6.54 Å². The molecule has 1 aromatic carbocycles. The van der Waals surface area contributed by atoms with Crippen molar-refractivity contribution in [3.8, 4) is 0 Å². The number of hydrogen-bond acceptors (Lipinski definition) is 4. The van der Waals surface area contributed by atoms with E-state index in [9.17, 15) is 4.79 Å². The van der Waals surface area contributed by atoms with Crippen LogP contribution in [0.15, 0.2) is 24.3 Å². The summed E-state index contributed by atoms with van der Waals surface area (Å²) in [7, 11) is 1.37. The second-order valence-corrected chi connectivity index (χ2v) is 4.22. The van der Waals surface area contributed by atoms with Gasteiger partial charge in [0.15, 0.2) is 6.10 Å². The molecule has 17 heavy (non-hydrogen) atoms. The Morgan fingerprint density at radius 3 is 2.94 bits per heavy atom. The van der Waals surface area contributed by atoms with Crippen LogP contribution < -0.4 is 5.32 Å². The van der Waals surface area contributed by atoms with Crippen molar-refractivity contribution in [3.05, 3.63) is 35.4 Å². The molecule has 1 aliphatic rings. The van der Waals surface area contributed by atoms with E-state index in [0.717, 1.165) is 0 Å². The van der Waals surface area contributed by atoms with E-state index < -0.39 is 6.10 Å². The third kappa shape index (κ3) is 2.84. The molecular formula is C13H17NO3. The van der Waals surface area contributed by atoms with Crippen LogP contribution in [0.5, 0.6) is 0 Å². The Morgan fingerprint density at radius 1 is 1.53 bits per heavy atom. The first kappa shape index (κ1) is 12.1. The maximum absolute atomic E-state index is 11.3. The molecule has 0 aromatic heterocycles. The van der Waals surface area contributed by atoms with E-state index in [1.165, 1.54) is 18.2 Å². The van der Waals surface area contributed by atoms with E-state index in [-0.39, 0.29) is 12.0 Å². The van der Waals surface area contributed by atoms with Crippen LogP contribution in [0.4, 0.5) is 0 Å². The van der Waals surface area contributed by atoms with Crippen LogP contribution in [-0.2, 0) is 14.3 Å². The third-order valence-electron chi connectivity index (χ3n) is 2.92. The molecule has 1 N–H and O–H groups in total. The first-order chi connectivity index (χ1) is 8.20. The van der Waals surface area contributed by atoms with Gasteiger partial charge in [-0.25, -0.2) is 4.79 Å². The summed E-state index contributed by atoms with van der Waals surface area (Å²) in [4.78, 5) is 11.3. The Bertz CT molecular complexity index is 397. The molecule has 2 unspecified atom stereocenters. The monoisotopic (exact) mass is 235 g/mol. The van der Waals surface area contributed by atoms with Crippen molar-refractivity contribution in [2.75, 3.05) is 20.3 Å². The number of methoxy groups -OCH3 is 1. The van der Waals surface area contributed by atoms with Crippen LogP contribution in [0.25, 0.3) is 0 Å². The number of carbonyl (C=O) groups excluding carboxylic acids is 1. The summed E-state index contributed by atoms with van der Waals surface area (Å²) < 4.78 is 10.1. The molecule has 92 valence electrons. The molecule has 4 heteroatoms. The smallest absolute Gasteiger partial charge is 0.336 e. The zero-order valence-electron chi connectivity index (χ0n) is 10.1. The molecule has 1 saturated heterocycles. The zero-order chi connectivity index (χ0) is 12.3. The van der Waals surface area contributed by atoms with Gasteiger partial charge in [-0.15, -0.1) is 0 Å². The minimum absolute atomic E-state index is 0.149. The number of morpholine rings is 1. The Morgan fingerprint density at radius 2 is 2.35 bits per heavy atom. The zero-order valence-corrected chi connectivity index (χ0v) is 10.1. The highest BCUT2D eigenvalue weighted by Gasteiger charge is 2.27. The quantitative estimate of drug-likeness (QED) is 0.782. The summed E-state index contributed by atoms with van der Waals surface area (Å²) in [5.41, 5.74) is 2.41. The van der Waals surface area contributed by atoms with Gasteiger partial charge in [-0.3, -0.25) is 0 Å². The molecule has 2 rings (SSSR count). The Labute approximate surface area is 101 Å². The number of hydrogen-bond donors (Lipinski definition) is 1. The summed E-state index contributed by atoms with van der Waals surface area (Å²) >= 11 is 0. The molecular weight excluding hydrogens is 218 g/mol. The maximum Gasteiger partial charge on any atom is 0.336 e. The van der Waals surface area contributed by atoms with E-state index in [0.29, 0.717) is 13.2 Å². The first-order valence-electron chi connectivity index (χ1n) is 5.70. The Balaban J connectivity index is 1.97. The number of ether oxygens (including phenoxy) is 2. The van der Waals surface area contributed by atoms with Gasteiger partial charge in [-0.1, -0.05) is 29.8 Å². The van der Waals surface area contributed by atoms with Crippen molar-refractivity contribution in [1.82, 2.24) is 5.32 Å². The highest BCUT2D eigenvalue weighted by molar-refractivity contribution is 5.74. The molecule has 0 spiro atoms. The van der Waals surface area contributed by atoms with Gasteiger partial charge >= 0.3 is 5.97 Å². The maximum atomic E-state index is 11.3. The molecule has 1 fully saturated rings. The van der Waals surface area contributed by atoms with Gasteiger partial charge < -0.3 is 14.8 Å². The SMILES string of the molecule is COC(=O)C1CNC(c2cccc(C)c2)CO1. The highest BCUT2D eigenvalue weighted by Crippen LogP contribution is 2.18. The second kappa shape index (κ2) is 5.29. The topological polar surface area (TPSA) is 47.6 Å². The minimum atomic E-state index is -0.485. The predicted molar refractivity (Wildman–Crippen MR) is 63.7 cm³/mol. The van der Waals surface area contributed by atoms with Crippen molar-refractivity contribution < 1.29 is 14.3 Å². The summed E-state index contributed by atoms with van der Waals surface area (Å²) in [6.45, 7) is 3.04. The highest BCUT2D eigenvalue weighted by atomic mass is 16.6. The van der Waals surface area contributed by atoms with Crippen LogP contribution in [0, 0.1) is 6.92 Å². The number of rotatable bonds is 2. The van der Waals surface area contributed by atoms with Crippen molar-refractivity contribution in [2.24, 2.45) is 0 Å². The van der Waals surface area contributed by atoms with Gasteiger partial charge in [-0.2, -0.15) is 0 Å². The molecule has 0 radical (unpaired) electrons. The van der Waals surface area contributed by atoms with E-state index in [4.69, 9.17) is 4.74 Å². The van der Waals surface area contributed by atoms with Gasteiger partial charge in [-0.05, 0) is 12.5 Å². The van der Waals surface area contributed by atoms with Gasteiger partial charge in [0.25, 0.3) is 0 Å². The largest absolute Gasteiger partial charge is 0.467 e. The number of benzene rings is 1. The molecule has 4 nitrogen and oxygen atoms in total. The second-order valence-electron chi connectivity index (χ2n) is 4.22. The molecule has 0 saturated carbocycles. The van der Waals surface area contributed by atoms with Crippen LogP contribution in [0.1, 0.15) is 17.2 Å². The molecule has 1 aromatic rings. The molecule has 0 aliphatic carbocycles. The number of aryl methyl sites for hydroxylation is 1. The standard InChI is InChI=1S/C13H17NO3/c1-9-4-3-5-10(6-9)11-8-17-12(7-14-11)13(15)16-2/h3-6,11-12,14H,7-8H2,1-2H3. The lowest BCUT2D eigenvalue weighted by Crippen LogP contribution is -2.45. The molecule has 0 bridgehead atoms. The molecule has 0 amide bonds. The van der Waals surface area contributed by atoms with Gasteiger partial charge in [0.05, 0.1) is 19.8 Å². The lowest BCUT2D eigenvalue weighted by Gasteiger charge is -2.29. The normalized spacial score (nSPS) is 24.4. The van der Waals surface area contributed by atoms with Crippen molar-refractivity contribution in [1.29, 1.82) is 0 Å². The number of carbonyl (C=O) groups is 1. The van der Waals surface area contributed by atoms with Crippen molar-refractivity contribution in [2.45, 2.75) is 19.1 Å². The fourth-order valence-corrected chi connectivity index (χ4v) is 1.96. The molecule has 1 aliphatic heterocycles. The van der Waals surface area contributed by atoms with Crippen LogP contribution in [-0.4, -0.2) is 32.3 Å². The average Bonchev–Trinajstić information content (AvgIpc) is 2.38. The molecule has 1 heterocycles. The van der Waals surface area contributed by atoms with E-state index in [2.05, 4.69) is 35.2 Å². The first-order valence-corrected chi connectivity index (χ1v) is 5.70. The Hall–Kier alpha value is -1.39. The lowest BCUT2D eigenvalue weighted by molar-refractivity contribution is -0.156. The van der Waals surface area contributed by atoms with Crippen LogP contribution in [0.2, 0.25) is 0 Å². The average molecular weight is 235 g/mol. The summed E-state index contributed by atoms with van der Waals surface area (Å²) in [6.07, 6.45) is -0.485. The van der Waals surface area contributed by atoms with Crippen molar-refractivity contribution in [3.63, 3.8) is 0 Å². The van der Waals surface area contributed by atoms with Gasteiger partial charge in [0.2, 0.25) is 0 Å². The minimum Gasteiger partial charge on any atom is -0.467 e. The fraction of sp³-hybridized carbons (Fsp3) is 0.462. The number of esters is 1. The molecule has 2 atom stereocenters. The van der Waals surface area contributed by atoms with Crippen LogP contribution in [0.3, 0.4) is 0 Å². The van der Waals surface area contributed by atoms with Gasteiger partial charge in [0.1, 0.15) is 0 Å². The van der Waals surface area contributed by atoms with E-state index >= 15 is 0 Å². The summed E-state index contributed by atoms with van der Waals surface area (Å²) in [6, 6.07) is 8.42. The van der Waals surface area contributed by atoms with Crippen LogP contribution >= 0.6 is 0 Å². The summed E-state index contributed by atoms with van der Waals surface area (Å²) in [5, 5.41) is 3.30. The summed E-state index contributed by atoms with van der Waals surface area (Å²) in [5.74, 6) is -0.319. The third-order valence-corrected chi connectivity index (χ3v) is 2.92. The predicted octanol–water partition coefficient (Wildman–Crippen LogP) is 1.20. The van der Waals surface area contributed by atoms with Crippen molar-refractivity contribution >= 4 is 5.97 Å². The Kier molecular flexibility index (Phi) is 3.76. The fourth-order valence-electron chi connectivity index (χ4n) is 1.96. The van der Waals surface area contributed by atoms with E-state index in [1.54, 1.807) is 0 Å². The lowest BCUT2D eigenvalue weighted by atomic mass is 10.0.